The molecule has 0 spiro atoms. The van der Waals surface area contributed by atoms with Gasteiger partial charge in [0, 0.05) is 5.56 Å². The molecule has 2 atom stereocenters. The van der Waals surface area contributed by atoms with Gasteiger partial charge in [-0.25, -0.2) is 4.39 Å². The molecule has 164 valence electrons. The van der Waals surface area contributed by atoms with Gasteiger partial charge in [0.05, 0.1) is 13.5 Å². The summed E-state index contributed by atoms with van der Waals surface area (Å²) in [6, 6.07) is 12.2. The summed E-state index contributed by atoms with van der Waals surface area (Å²) in [5, 5.41) is 9.18. The first-order valence-electron chi connectivity index (χ1n) is 10.5. The first kappa shape index (κ1) is 22.6. The highest BCUT2D eigenvalue weighted by molar-refractivity contribution is 5.68. The van der Waals surface area contributed by atoms with Crippen LogP contribution in [0.4, 0.5) is 4.39 Å². The molecule has 1 aliphatic rings. The molecule has 0 heterocycles. The van der Waals surface area contributed by atoms with E-state index in [0.29, 0.717) is 23.0 Å². The van der Waals surface area contributed by atoms with Gasteiger partial charge >= 0.3 is 5.97 Å². The normalized spacial score (nSPS) is 15.8. The Bertz CT molecular complexity index is 973. The summed E-state index contributed by atoms with van der Waals surface area (Å²) in [5.74, 6) is 0.495. The zero-order chi connectivity index (χ0) is 22.5. The molecular weight excluding hydrogens is 395 g/mol. The molecule has 0 radical (unpaired) electrons. The molecule has 1 fully saturated rings. The number of methoxy groups -OCH3 is 1. The number of halogens is 1. The van der Waals surface area contributed by atoms with Crippen molar-refractivity contribution in [3.05, 3.63) is 77.8 Å². The molecule has 0 bridgehead atoms. The van der Waals surface area contributed by atoms with E-state index in [2.05, 4.69) is 6.58 Å². The number of hydrogen-bond acceptors (Lipinski definition) is 3. The molecule has 2 aromatic rings. The molecular formula is C26H29FO4. The summed E-state index contributed by atoms with van der Waals surface area (Å²) < 4.78 is 25.4. The minimum atomic E-state index is -0.780. The van der Waals surface area contributed by atoms with Crippen molar-refractivity contribution in [1.29, 1.82) is 0 Å². The molecule has 4 nitrogen and oxygen atoms in total. The van der Waals surface area contributed by atoms with E-state index in [-0.39, 0.29) is 24.3 Å². The molecule has 1 unspecified atom stereocenters. The largest absolute Gasteiger partial charge is 0.497 e. The standard InChI is InChI=1S/C26H29FO4/c1-16(23(15-26(28)29)20-9-10-20)13-17(2)31-18(3)19-5-7-21(8-6-19)24-14-22(30-4)11-12-25(24)27/h5-8,11-14,18,20,23H,2,9-10,15H2,1,3-4H3,(H,28,29)/b16-13+/t18?,23-/m1/s1. The molecule has 5 heteroatoms. The number of carboxylic acid groups (broad SMARTS) is 1. The summed E-state index contributed by atoms with van der Waals surface area (Å²) in [6.45, 7) is 7.86. The van der Waals surface area contributed by atoms with Crippen LogP contribution in [0.2, 0.25) is 0 Å². The van der Waals surface area contributed by atoms with Crippen molar-refractivity contribution in [1.82, 2.24) is 0 Å². The maximum atomic E-state index is 14.2. The highest BCUT2D eigenvalue weighted by atomic mass is 19.1. The minimum Gasteiger partial charge on any atom is -0.497 e. The Labute approximate surface area is 183 Å². The monoisotopic (exact) mass is 424 g/mol. The molecule has 0 aliphatic heterocycles. The number of aliphatic carboxylic acids is 1. The van der Waals surface area contributed by atoms with Gasteiger partial charge in [0.25, 0.3) is 0 Å². The van der Waals surface area contributed by atoms with Crippen LogP contribution in [0, 0.1) is 17.7 Å². The van der Waals surface area contributed by atoms with Gasteiger partial charge in [-0.1, -0.05) is 36.4 Å². The number of benzene rings is 2. The zero-order valence-corrected chi connectivity index (χ0v) is 18.2. The van der Waals surface area contributed by atoms with Crippen molar-refractivity contribution in [2.24, 2.45) is 11.8 Å². The van der Waals surface area contributed by atoms with Gasteiger partial charge in [0.2, 0.25) is 0 Å². The second-order valence-electron chi connectivity index (χ2n) is 8.12. The number of rotatable bonds is 10. The average molecular weight is 425 g/mol. The van der Waals surface area contributed by atoms with Crippen molar-refractivity contribution < 1.29 is 23.8 Å². The van der Waals surface area contributed by atoms with Gasteiger partial charge in [-0.05, 0) is 73.9 Å². The fourth-order valence-electron chi connectivity index (χ4n) is 3.86. The zero-order valence-electron chi connectivity index (χ0n) is 18.2. The maximum absolute atomic E-state index is 14.2. The number of allylic oxidation sites excluding steroid dienone is 2. The molecule has 31 heavy (non-hydrogen) atoms. The van der Waals surface area contributed by atoms with Crippen LogP contribution in [0.25, 0.3) is 11.1 Å². The lowest BCUT2D eigenvalue weighted by Gasteiger charge is -2.19. The van der Waals surface area contributed by atoms with Gasteiger partial charge in [-0.2, -0.15) is 0 Å². The lowest BCUT2D eigenvalue weighted by atomic mass is 9.91. The first-order chi connectivity index (χ1) is 14.8. The van der Waals surface area contributed by atoms with E-state index in [1.165, 1.54) is 6.07 Å². The summed E-state index contributed by atoms with van der Waals surface area (Å²) in [7, 11) is 1.55. The van der Waals surface area contributed by atoms with Crippen LogP contribution in [0.1, 0.15) is 44.8 Å². The van der Waals surface area contributed by atoms with E-state index in [0.717, 1.165) is 29.5 Å². The highest BCUT2D eigenvalue weighted by Gasteiger charge is 2.33. The SMILES string of the molecule is C=C(/C=C(\C)[C@@H](CC(=O)O)C1CC1)OC(C)c1ccc(-c2cc(OC)ccc2F)cc1. The number of ether oxygens (including phenoxy) is 2. The molecule has 1 aliphatic carbocycles. The van der Waals surface area contributed by atoms with E-state index in [1.54, 1.807) is 19.2 Å². The molecule has 0 aromatic heterocycles. The Morgan fingerprint density at radius 1 is 1.26 bits per heavy atom. The van der Waals surface area contributed by atoms with Crippen LogP contribution in [0.3, 0.4) is 0 Å². The fraction of sp³-hybridized carbons (Fsp3) is 0.346. The van der Waals surface area contributed by atoms with Gasteiger partial charge in [0.15, 0.2) is 0 Å². The van der Waals surface area contributed by atoms with Gasteiger partial charge < -0.3 is 14.6 Å². The Morgan fingerprint density at radius 2 is 1.94 bits per heavy atom. The van der Waals surface area contributed by atoms with E-state index in [9.17, 15) is 14.3 Å². The van der Waals surface area contributed by atoms with Crippen LogP contribution < -0.4 is 4.74 Å². The Morgan fingerprint density at radius 3 is 2.52 bits per heavy atom. The molecule has 2 aromatic carbocycles. The topological polar surface area (TPSA) is 55.8 Å². The average Bonchev–Trinajstić information content (AvgIpc) is 3.57. The lowest BCUT2D eigenvalue weighted by molar-refractivity contribution is -0.138. The van der Waals surface area contributed by atoms with Gasteiger partial charge in [0.1, 0.15) is 23.4 Å². The molecule has 0 amide bonds. The third kappa shape index (κ3) is 5.97. The fourth-order valence-corrected chi connectivity index (χ4v) is 3.86. The van der Waals surface area contributed by atoms with Crippen LogP contribution in [0.15, 0.2) is 66.5 Å². The minimum absolute atomic E-state index is 0.0326. The Kier molecular flexibility index (Phi) is 7.16. The van der Waals surface area contributed by atoms with E-state index < -0.39 is 5.97 Å². The van der Waals surface area contributed by atoms with Gasteiger partial charge in [-0.3, -0.25) is 4.79 Å². The summed E-state index contributed by atoms with van der Waals surface area (Å²) in [5.41, 5.74) is 3.16. The quantitative estimate of drug-likeness (QED) is 0.347. The van der Waals surface area contributed by atoms with Crippen LogP contribution >= 0.6 is 0 Å². The second-order valence-corrected chi connectivity index (χ2v) is 8.12. The predicted molar refractivity (Wildman–Crippen MR) is 119 cm³/mol. The second kappa shape index (κ2) is 9.82. The predicted octanol–water partition coefficient (Wildman–Crippen LogP) is 6.54. The van der Waals surface area contributed by atoms with Crippen molar-refractivity contribution in [3.8, 4) is 16.9 Å². The third-order valence-electron chi connectivity index (χ3n) is 5.75. The smallest absolute Gasteiger partial charge is 0.303 e. The van der Waals surface area contributed by atoms with E-state index >= 15 is 0 Å². The summed E-state index contributed by atoms with van der Waals surface area (Å²) in [4.78, 5) is 11.2. The first-order valence-corrected chi connectivity index (χ1v) is 10.5. The van der Waals surface area contributed by atoms with Gasteiger partial charge in [-0.15, -0.1) is 0 Å². The van der Waals surface area contributed by atoms with Crippen LogP contribution in [0.5, 0.6) is 5.75 Å². The summed E-state index contributed by atoms with van der Waals surface area (Å²) >= 11 is 0. The van der Waals surface area contributed by atoms with Crippen molar-refractivity contribution in [2.45, 2.75) is 39.2 Å². The van der Waals surface area contributed by atoms with Crippen molar-refractivity contribution in [2.75, 3.05) is 7.11 Å². The maximum Gasteiger partial charge on any atom is 0.303 e. The lowest BCUT2D eigenvalue weighted by Crippen LogP contribution is -2.11. The van der Waals surface area contributed by atoms with Crippen molar-refractivity contribution in [3.63, 3.8) is 0 Å². The Balaban J connectivity index is 1.67. The number of hydrogen-bond donors (Lipinski definition) is 1. The molecule has 1 saturated carbocycles. The van der Waals surface area contributed by atoms with Crippen molar-refractivity contribution >= 4 is 5.97 Å². The Hall–Kier alpha value is -3.08. The highest BCUT2D eigenvalue weighted by Crippen LogP contribution is 2.42. The van der Waals surface area contributed by atoms with Crippen LogP contribution in [-0.2, 0) is 9.53 Å². The molecule has 1 N–H and O–H groups in total. The number of carbonyl (C=O) groups is 1. The molecule has 0 saturated heterocycles. The third-order valence-corrected chi connectivity index (χ3v) is 5.75. The molecule has 3 rings (SSSR count). The number of carboxylic acids is 1. The summed E-state index contributed by atoms with van der Waals surface area (Å²) in [6.07, 6.45) is 3.89. The van der Waals surface area contributed by atoms with E-state index in [4.69, 9.17) is 9.47 Å². The van der Waals surface area contributed by atoms with E-state index in [1.807, 2.05) is 44.2 Å². The van der Waals surface area contributed by atoms with Crippen LogP contribution in [-0.4, -0.2) is 18.2 Å².